The maximum absolute atomic E-state index is 12.2. The highest BCUT2D eigenvalue weighted by Crippen LogP contribution is 2.26. The molecule has 0 aliphatic carbocycles. The monoisotopic (exact) mass is 281 g/mol. The second kappa shape index (κ2) is 5.59. The van der Waals surface area contributed by atoms with Gasteiger partial charge < -0.3 is 10.6 Å². The number of anilines is 1. The van der Waals surface area contributed by atoms with Gasteiger partial charge in [0.15, 0.2) is 0 Å². The largest absolute Gasteiger partial charge is 0.368 e. The number of halogens is 1. The molecule has 1 atom stereocenters. The fourth-order valence-electron chi connectivity index (χ4n) is 2.13. The van der Waals surface area contributed by atoms with Crippen molar-refractivity contribution in [2.45, 2.75) is 13.0 Å². The number of primary amides is 1. The maximum atomic E-state index is 12.2. The number of benzene rings is 1. The summed E-state index contributed by atoms with van der Waals surface area (Å²) < 4.78 is 0. The third-order valence-corrected chi connectivity index (χ3v) is 3.67. The number of nitrogens with zero attached hydrogens (tertiary/aromatic N) is 2. The van der Waals surface area contributed by atoms with Crippen LogP contribution >= 0.6 is 11.6 Å². The van der Waals surface area contributed by atoms with E-state index >= 15 is 0 Å². The number of nitrogens with two attached hydrogens (primary N) is 1. The normalized spacial score (nSPS) is 18.4. The van der Waals surface area contributed by atoms with Gasteiger partial charge in [0.1, 0.15) is 0 Å². The fraction of sp³-hybridized carbons (Fsp3) is 0.385. The Labute approximate surface area is 116 Å². The standard InChI is InChI=1S/C13H16ClN3O2/c1-9(13(15)19)16-6-7-17(12(18)8-16)11-5-3-2-4-10(11)14/h2-5,9H,6-8H2,1H3,(H2,15,19)/t9-/m0/s1. The van der Waals surface area contributed by atoms with Crippen molar-refractivity contribution in [3.63, 3.8) is 0 Å². The smallest absolute Gasteiger partial charge is 0.241 e. The summed E-state index contributed by atoms with van der Waals surface area (Å²) in [5.74, 6) is -0.494. The Kier molecular flexibility index (Phi) is 4.07. The van der Waals surface area contributed by atoms with E-state index in [9.17, 15) is 9.59 Å². The number of rotatable bonds is 3. The molecule has 2 N–H and O–H groups in total. The first kappa shape index (κ1) is 13.8. The van der Waals surface area contributed by atoms with Gasteiger partial charge in [-0.15, -0.1) is 0 Å². The molecule has 0 radical (unpaired) electrons. The maximum Gasteiger partial charge on any atom is 0.241 e. The van der Waals surface area contributed by atoms with E-state index in [0.29, 0.717) is 23.8 Å². The molecule has 1 aliphatic heterocycles. The highest BCUT2D eigenvalue weighted by molar-refractivity contribution is 6.33. The Balaban J connectivity index is 2.12. The van der Waals surface area contributed by atoms with Crippen LogP contribution in [-0.2, 0) is 9.59 Å². The van der Waals surface area contributed by atoms with Gasteiger partial charge in [0.05, 0.1) is 23.3 Å². The quantitative estimate of drug-likeness (QED) is 0.894. The third-order valence-electron chi connectivity index (χ3n) is 3.35. The lowest BCUT2D eigenvalue weighted by molar-refractivity contribution is -0.126. The summed E-state index contributed by atoms with van der Waals surface area (Å²) in [5.41, 5.74) is 5.96. The molecule has 1 fully saturated rings. The Morgan fingerprint density at radius 3 is 2.63 bits per heavy atom. The Bertz CT molecular complexity index is 506. The SMILES string of the molecule is C[C@@H](C(N)=O)N1CCN(c2ccccc2Cl)C(=O)C1. The minimum Gasteiger partial charge on any atom is -0.368 e. The fourth-order valence-corrected chi connectivity index (χ4v) is 2.36. The topological polar surface area (TPSA) is 66.6 Å². The molecule has 0 saturated carbocycles. The van der Waals surface area contributed by atoms with E-state index in [2.05, 4.69) is 0 Å². The summed E-state index contributed by atoms with van der Waals surface area (Å²) in [6.45, 7) is 2.98. The Morgan fingerprint density at radius 1 is 1.37 bits per heavy atom. The van der Waals surface area contributed by atoms with Crippen LogP contribution in [0.15, 0.2) is 24.3 Å². The first-order valence-electron chi connectivity index (χ1n) is 6.09. The number of hydrogen-bond acceptors (Lipinski definition) is 3. The molecular weight excluding hydrogens is 266 g/mol. The summed E-state index contributed by atoms with van der Waals surface area (Å²) in [6.07, 6.45) is 0. The second-order valence-corrected chi connectivity index (χ2v) is 4.95. The zero-order chi connectivity index (χ0) is 14.0. The van der Waals surface area contributed by atoms with Crippen molar-refractivity contribution in [3.05, 3.63) is 29.3 Å². The van der Waals surface area contributed by atoms with Crippen LogP contribution in [0.2, 0.25) is 5.02 Å². The summed E-state index contributed by atoms with van der Waals surface area (Å²) in [4.78, 5) is 26.7. The van der Waals surface area contributed by atoms with Gasteiger partial charge in [0, 0.05) is 13.1 Å². The molecule has 0 spiro atoms. The number of amides is 2. The molecule has 1 aromatic carbocycles. The minimum atomic E-state index is -0.433. The van der Waals surface area contributed by atoms with E-state index in [4.69, 9.17) is 17.3 Å². The highest BCUT2D eigenvalue weighted by atomic mass is 35.5. The van der Waals surface area contributed by atoms with Crippen molar-refractivity contribution in [2.75, 3.05) is 24.5 Å². The van der Waals surface area contributed by atoms with E-state index in [1.54, 1.807) is 22.8 Å². The Hall–Kier alpha value is -1.59. The number of para-hydroxylation sites is 1. The zero-order valence-electron chi connectivity index (χ0n) is 10.7. The van der Waals surface area contributed by atoms with E-state index < -0.39 is 11.9 Å². The van der Waals surface area contributed by atoms with Gasteiger partial charge in [-0.2, -0.15) is 0 Å². The molecule has 0 bridgehead atoms. The van der Waals surface area contributed by atoms with Gasteiger partial charge >= 0.3 is 0 Å². The number of carbonyl (C=O) groups excluding carboxylic acids is 2. The molecule has 2 amide bonds. The molecule has 0 unspecified atom stereocenters. The first-order valence-corrected chi connectivity index (χ1v) is 6.46. The average Bonchev–Trinajstić information content (AvgIpc) is 2.38. The summed E-state index contributed by atoms with van der Waals surface area (Å²) in [6, 6.07) is 6.79. The molecule has 102 valence electrons. The van der Waals surface area contributed by atoms with Crippen LogP contribution < -0.4 is 10.6 Å². The Morgan fingerprint density at radius 2 is 2.05 bits per heavy atom. The summed E-state index contributed by atoms with van der Waals surface area (Å²) >= 11 is 6.09. The van der Waals surface area contributed by atoms with Gasteiger partial charge in [-0.1, -0.05) is 23.7 Å². The molecule has 0 aromatic heterocycles. The minimum absolute atomic E-state index is 0.0764. The molecular formula is C13H16ClN3O2. The lowest BCUT2D eigenvalue weighted by Gasteiger charge is -2.36. The van der Waals surface area contributed by atoms with Crippen LogP contribution in [0.1, 0.15) is 6.92 Å². The molecule has 19 heavy (non-hydrogen) atoms. The predicted molar refractivity (Wildman–Crippen MR) is 74.0 cm³/mol. The van der Waals surface area contributed by atoms with Crippen molar-refractivity contribution < 1.29 is 9.59 Å². The number of hydrogen-bond donors (Lipinski definition) is 1. The van der Waals surface area contributed by atoms with Crippen molar-refractivity contribution in [1.82, 2.24) is 4.90 Å². The molecule has 2 rings (SSSR count). The number of piperazine rings is 1. The third kappa shape index (κ3) is 2.88. The average molecular weight is 282 g/mol. The van der Waals surface area contributed by atoms with Crippen molar-refractivity contribution in [3.8, 4) is 0 Å². The van der Waals surface area contributed by atoms with Gasteiger partial charge in [0.25, 0.3) is 0 Å². The van der Waals surface area contributed by atoms with Crippen LogP contribution in [-0.4, -0.2) is 42.4 Å². The lowest BCUT2D eigenvalue weighted by atomic mass is 10.2. The highest BCUT2D eigenvalue weighted by Gasteiger charge is 2.30. The summed E-state index contributed by atoms with van der Waals surface area (Å²) in [7, 11) is 0. The molecule has 1 heterocycles. The van der Waals surface area contributed by atoms with Gasteiger partial charge in [-0.05, 0) is 19.1 Å². The molecule has 1 saturated heterocycles. The number of carbonyl (C=O) groups is 2. The van der Waals surface area contributed by atoms with Crippen LogP contribution in [0, 0.1) is 0 Å². The molecule has 1 aliphatic rings. The van der Waals surface area contributed by atoms with E-state index in [1.807, 2.05) is 18.2 Å². The molecule has 5 nitrogen and oxygen atoms in total. The van der Waals surface area contributed by atoms with Gasteiger partial charge in [0.2, 0.25) is 11.8 Å². The van der Waals surface area contributed by atoms with E-state index in [-0.39, 0.29) is 12.5 Å². The second-order valence-electron chi connectivity index (χ2n) is 4.55. The van der Waals surface area contributed by atoms with Crippen molar-refractivity contribution >= 4 is 29.1 Å². The van der Waals surface area contributed by atoms with Crippen molar-refractivity contribution in [2.24, 2.45) is 5.73 Å². The lowest BCUT2D eigenvalue weighted by Crippen LogP contribution is -2.55. The summed E-state index contributed by atoms with van der Waals surface area (Å²) in [5, 5.41) is 0.548. The van der Waals surface area contributed by atoms with Crippen LogP contribution in [0.5, 0.6) is 0 Å². The predicted octanol–water partition coefficient (Wildman–Crippen LogP) is 0.862. The molecule has 6 heteroatoms. The van der Waals surface area contributed by atoms with Crippen LogP contribution in [0.3, 0.4) is 0 Å². The van der Waals surface area contributed by atoms with E-state index in [1.165, 1.54) is 0 Å². The first-order chi connectivity index (χ1) is 9.00. The van der Waals surface area contributed by atoms with Crippen LogP contribution in [0.25, 0.3) is 0 Å². The van der Waals surface area contributed by atoms with Crippen molar-refractivity contribution in [1.29, 1.82) is 0 Å². The van der Waals surface area contributed by atoms with Crippen LogP contribution in [0.4, 0.5) is 5.69 Å². The molecule has 1 aromatic rings. The van der Waals surface area contributed by atoms with E-state index in [0.717, 1.165) is 0 Å². The van der Waals surface area contributed by atoms with Gasteiger partial charge in [-0.3, -0.25) is 14.5 Å². The van der Waals surface area contributed by atoms with Gasteiger partial charge in [-0.25, -0.2) is 0 Å². The zero-order valence-corrected chi connectivity index (χ0v) is 11.4.